The van der Waals surface area contributed by atoms with Crippen LogP contribution in [-0.4, -0.2) is 23.7 Å². The summed E-state index contributed by atoms with van der Waals surface area (Å²) in [5.74, 6) is 0. The molecule has 1 saturated heterocycles. The summed E-state index contributed by atoms with van der Waals surface area (Å²) in [5, 5.41) is 3.44. The predicted molar refractivity (Wildman–Crippen MR) is 74.4 cm³/mol. The van der Waals surface area contributed by atoms with E-state index in [-0.39, 0.29) is 0 Å². The maximum Gasteiger partial charge on any atom is 0.103 e. The van der Waals surface area contributed by atoms with Gasteiger partial charge in [-0.1, -0.05) is 12.2 Å². The molecule has 0 saturated carbocycles. The van der Waals surface area contributed by atoms with Gasteiger partial charge in [-0.05, 0) is 44.0 Å². The van der Waals surface area contributed by atoms with E-state index in [4.69, 9.17) is 22.7 Å². The number of thiocarbonyl (C=S) groups is 1. The van der Waals surface area contributed by atoms with Gasteiger partial charge in [0.1, 0.15) is 4.99 Å². The molecule has 0 bridgehead atoms. The number of anilines is 1. The molecule has 1 aliphatic rings. The van der Waals surface area contributed by atoms with Crippen molar-refractivity contribution in [3.05, 3.63) is 29.8 Å². The van der Waals surface area contributed by atoms with E-state index in [1.807, 2.05) is 24.3 Å². The van der Waals surface area contributed by atoms with Crippen LogP contribution in [0.5, 0.6) is 0 Å². The fraction of sp³-hybridized carbons (Fsp3) is 0.462. The molecular formula is C13H18N2OS. The first kappa shape index (κ1) is 12.3. The lowest BCUT2D eigenvalue weighted by Crippen LogP contribution is -2.29. The van der Waals surface area contributed by atoms with Gasteiger partial charge in [0.05, 0.1) is 6.10 Å². The van der Waals surface area contributed by atoms with E-state index in [1.165, 1.54) is 0 Å². The van der Waals surface area contributed by atoms with Crippen LogP contribution in [0.25, 0.3) is 0 Å². The number of benzene rings is 1. The summed E-state index contributed by atoms with van der Waals surface area (Å²) >= 11 is 4.92. The summed E-state index contributed by atoms with van der Waals surface area (Å²) in [6.45, 7) is 3.04. The van der Waals surface area contributed by atoms with E-state index < -0.39 is 0 Å². The van der Waals surface area contributed by atoms with Gasteiger partial charge in [-0.3, -0.25) is 0 Å². The molecular weight excluding hydrogens is 232 g/mol. The van der Waals surface area contributed by atoms with Gasteiger partial charge < -0.3 is 15.8 Å². The molecule has 1 aromatic carbocycles. The molecule has 0 spiro atoms. The third kappa shape index (κ3) is 3.17. The standard InChI is InChI=1S/C13H18N2OS/c1-9(12-3-2-8-16-12)15-11-6-4-10(5-7-11)13(14)17/h4-7,9,12,15H,2-3,8H2,1H3,(H2,14,17). The lowest BCUT2D eigenvalue weighted by molar-refractivity contribution is 0.0996. The van der Waals surface area contributed by atoms with Gasteiger partial charge in [-0.2, -0.15) is 0 Å². The molecule has 1 fully saturated rings. The molecule has 3 nitrogen and oxygen atoms in total. The normalized spacial score (nSPS) is 21.1. The van der Waals surface area contributed by atoms with Gasteiger partial charge >= 0.3 is 0 Å². The van der Waals surface area contributed by atoms with E-state index in [2.05, 4.69) is 12.2 Å². The fourth-order valence-electron chi connectivity index (χ4n) is 2.08. The Labute approximate surface area is 107 Å². The Kier molecular flexibility index (Phi) is 3.97. The number of hydrogen-bond donors (Lipinski definition) is 2. The summed E-state index contributed by atoms with van der Waals surface area (Å²) in [6.07, 6.45) is 2.63. The first-order valence-electron chi connectivity index (χ1n) is 5.95. The third-order valence-corrected chi connectivity index (χ3v) is 3.32. The van der Waals surface area contributed by atoms with Crippen LogP contribution >= 0.6 is 12.2 Å². The van der Waals surface area contributed by atoms with Gasteiger partial charge in [0, 0.05) is 23.9 Å². The van der Waals surface area contributed by atoms with Gasteiger partial charge in [0.2, 0.25) is 0 Å². The summed E-state index contributed by atoms with van der Waals surface area (Å²) in [4.78, 5) is 0.434. The van der Waals surface area contributed by atoms with Crippen molar-refractivity contribution >= 4 is 22.9 Å². The number of nitrogens with two attached hydrogens (primary N) is 1. The molecule has 0 aromatic heterocycles. The SMILES string of the molecule is CC(Nc1ccc(C(N)=S)cc1)C1CCCO1. The molecule has 1 aromatic rings. The van der Waals surface area contributed by atoms with Crippen LogP contribution in [0.4, 0.5) is 5.69 Å². The van der Waals surface area contributed by atoms with E-state index in [0.29, 0.717) is 17.1 Å². The highest BCUT2D eigenvalue weighted by Crippen LogP contribution is 2.19. The van der Waals surface area contributed by atoms with Crippen molar-refractivity contribution in [1.82, 2.24) is 0 Å². The quantitative estimate of drug-likeness (QED) is 0.805. The monoisotopic (exact) mass is 250 g/mol. The largest absolute Gasteiger partial charge is 0.389 e. The second kappa shape index (κ2) is 5.47. The van der Waals surface area contributed by atoms with Crippen LogP contribution in [0.1, 0.15) is 25.3 Å². The first-order valence-corrected chi connectivity index (χ1v) is 6.35. The maximum absolute atomic E-state index is 5.65. The second-order valence-electron chi connectivity index (χ2n) is 4.43. The lowest BCUT2D eigenvalue weighted by atomic mass is 10.1. The average molecular weight is 250 g/mol. The highest BCUT2D eigenvalue weighted by atomic mass is 32.1. The van der Waals surface area contributed by atoms with Crippen LogP contribution in [0, 0.1) is 0 Å². The van der Waals surface area contributed by atoms with Crippen molar-refractivity contribution in [3.63, 3.8) is 0 Å². The number of ether oxygens (including phenoxy) is 1. The van der Waals surface area contributed by atoms with Gasteiger partial charge in [0.25, 0.3) is 0 Å². The van der Waals surface area contributed by atoms with Crippen LogP contribution in [0.3, 0.4) is 0 Å². The Morgan fingerprint density at radius 3 is 2.71 bits per heavy atom. The molecule has 3 N–H and O–H groups in total. The molecule has 2 unspecified atom stereocenters. The minimum atomic E-state index is 0.324. The third-order valence-electron chi connectivity index (χ3n) is 3.09. The molecule has 1 aliphatic heterocycles. The summed E-state index contributed by atoms with van der Waals surface area (Å²) in [5.41, 5.74) is 7.53. The van der Waals surface area contributed by atoms with Crippen LogP contribution in [-0.2, 0) is 4.74 Å². The molecule has 2 atom stereocenters. The summed E-state index contributed by atoms with van der Waals surface area (Å²) in [6, 6.07) is 8.20. The fourth-order valence-corrected chi connectivity index (χ4v) is 2.22. The Bertz CT molecular complexity index is 385. The molecule has 0 aliphatic carbocycles. The maximum atomic E-state index is 5.65. The minimum Gasteiger partial charge on any atom is -0.389 e. The van der Waals surface area contributed by atoms with E-state index in [9.17, 15) is 0 Å². The Balaban J connectivity index is 1.96. The molecule has 0 radical (unpaired) electrons. The van der Waals surface area contributed by atoms with Crippen molar-refractivity contribution in [1.29, 1.82) is 0 Å². The molecule has 0 amide bonds. The predicted octanol–water partition coefficient (Wildman–Crippen LogP) is 2.30. The van der Waals surface area contributed by atoms with Gasteiger partial charge in [-0.25, -0.2) is 0 Å². The number of nitrogens with one attached hydrogen (secondary N) is 1. The highest BCUT2D eigenvalue weighted by molar-refractivity contribution is 7.80. The van der Waals surface area contributed by atoms with Gasteiger partial charge in [-0.15, -0.1) is 0 Å². The Morgan fingerprint density at radius 1 is 1.47 bits per heavy atom. The van der Waals surface area contributed by atoms with Crippen LogP contribution in [0.15, 0.2) is 24.3 Å². The summed E-state index contributed by atoms with van der Waals surface area (Å²) < 4.78 is 5.65. The van der Waals surface area contributed by atoms with Crippen molar-refractivity contribution in [2.45, 2.75) is 31.9 Å². The summed E-state index contributed by atoms with van der Waals surface area (Å²) in [7, 11) is 0. The lowest BCUT2D eigenvalue weighted by Gasteiger charge is -2.21. The topological polar surface area (TPSA) is 47.3 Å². The zero-order valence-corrected chi connectivity index (χ0v) is 10.8. The zero-order valence-electron chi connectivity index (χ0n) is 9.98. The van der Waals surface area contributed by atoms with Crippen molar-refractivity contribution in [2.24, 2.45) is 5.73 Å². The molecule has 17 heavy (non-hydrogen) atoms. The Hall–Kier alpha value is -1.13. The minimum absolute atomic E-state index is 0.324. The molecule has 92 valence electrons. The smallest absolute Gasteiger partial charge is 0.103 e. The molecule has 4 heteroatoms. The van der Waals surface area contributed by atoms with E-state index >= 15 is 0 Å². The van der Waals surface area contributed by atoms with Crippen LogP contribution in [0.2, 0.25) is 0 Å². The average Bonchev–Trinajstić information content (AvgIpc) is 2.83. The second-order valence-corrected chi connectivity index (χ2v) is 4.87. The molecule has 2 rings (SSSR count). The van der Waals surface area contributed by atoms with Crippen molar-refractivity contribution in [3.8, 4) is 0 Å². The molecule has 1 heterocycles. The van der Waals surface area contributed by atoms with E-state index in [1.54, 1.807) is 0 Å². The highest BCUT2D eigenvalue weighted by Gasteiger charge is 2.21. The van der Waals surface area contributed by atoms with Crippen molar-refractivity contribution < 1.29 is 4.74 Å². The zero-order chi connectivity index (χ0) is 12.3. The van der Waals surface area contributed by atoms with E-state index in [0.717, 1.165) is 30.7 Å². The van der Waals surface area contributed by atoms with Gasteiger partial charge in [0.15, 0.2) is 0 Å². The van der Waals surface area contributed by atoms with Crippen molar-refractivity contribution in [2.75, 3.05) is 11.9 Å². The number of hydrogen-bond acceptors (Lipinski definition) is 3. The van der Waals surface area contributed by atoms with Crippen LogP contribution < -0.4 is 11.1 Å². The number of rotatable bonds is 4. The first-order chi connectivity index (χ1) is 8.16. The Morgan fingerprint density at radius 2 is 2.18 bits per heavy atom.